The number of nitrogens with zero attached hydrogens (tertiary/aromatic N) is 2. The quantitative estimate of drug-likeness (QED) is 0.925. The summed E-state index contributed by atoms with van der Waals surface area (Å²) in [4.78, 5) is 29.3. The summed E-state index contributed by atoms with van der Waals surface area (Å²) >= 11 is 0. The molecule has 0 fully saturated rings. The molecule has 2 aromatic rings. The Morgan fingerprint density at radius 3 is 2.64 bits per heavy atom. The second-order valence-corrected chi connectivity index (χ2v) is 6.08. The van der Waals surface area contributed by atoms with Gasteiger partial charge in [-0.15, -0.1) is 0 Å². The van der Waals surface area contributed by atoms with Crippen LogP contribution in [0.1, 0.15) is 44.0 Å². The SMILES string of the molecule is CC(C)n1c(=O)cc(N2CCc3ccccc3[C@@H]2C)[nH]c1=O. The molecule has 116 valence electrons. The van der Waals surface area contributed by atoms with Gasteiger partial charge in [0.1, 0.15) is 5.82 Å². The van der Waals surface area contributed by atoms with Crippen LogP contribution < -0.4 is 16.1 Å². The van der Waals surface area contributed by atoms with E-state index in [1.807, 2.05) is 26.0 Å². The second kappa shape index (κ2) is 5.48. The molecule has 1 atom stereocenters. The van der Waals surface area contributed by atoms with Gasteiger partial charge in [-0.05, 0) is 38.3 Å². The highest BCUT2D eigenvalue weighted by Crippen LogP contribution is 2.31. The van der Waals surface area contributed by atoms with Crippen molar-refractivity contribution in [3.05, 3.63) is 62.3 Å². The minimum atomic E-state index is -0.344. The van der Waals surface area contributed by atoms with Gasteiger partial charge in [0.2, 0.25) is 0 Å². The number of hydrogen-bond donors (Lipinski definition) is 1. The van der Waals surface area contributed by atoms with E-state index in [9.17, 15) is 9.59 Å². The minimum absolute atomic E-state index is 0.134. The van der Waals surface area contributed by atoms with E-state index >= 15 is 0 Å². The predicted octanol–water partition coefficient (Wildman–Crippen LogP) is 2.24. The van der Waals surface area contributed by atoms with Crippen LogP contribution in [0.3, 0.4) is 0 Å². The molecule has 22 heavy (non-hydrogen) atoms. The molecule has 0 spiro atoms. The molecule has 1 aromatic heterocycles. The third-order valence-corrected chi connectivity index (χ3v) is 4.37. The van der Waals surface area contributed by atoms with Crippen LogP contribution in [0.4, 0.5) is 5.82 Å². The Kier molecular flexibility index (Phi) is 3.64. The van der Waals surface area contributed by atoms with Crippen molar-refractivity contribution in [1.29, 1.82) is 0 Å². The fourth-order valence-electron chi connectivity index (χ4n) is 3.24. The monoisotopic (exact) mass is 299 g/mol. The Morgan fingerprint density at radius 1 is 1.23 bits per heavy atom. The van der Waals surface area contributed by atoms with E-state index in [0.717, 1.165) is 13.0 Å². The third kappa shape index (κ3) is 2.36. The van der Waals surface area contributed by atoms with E-state index in [1.165, 1.54) is 21.8 Å². The number of benzene rings is 1. The normalized spacial score (nSPS) is 17.6. The summed E-state index contributed by atoms with van der Waals surface area (Å²) in [5.74, 6) is 0.605. The van der Waals surface area contributed by atoms with Gasteiger partial charge in [0, 0.05) is 18.7 Å². The predicted molar refractivity (Wildman–Crippen MR) is 87.6 cm³/mol. The first-order valence-corrected chi connectivity index (χ1v) is 7.69. The summed E-state index contributed by atoms with van der Waals surface area (Å²) in [5, 5.41) is 0. The number of anilines is 1. The second-order valence-electron chi connectivity index (χ2n) is 6.08. The van der Waals surface area contributed by atoms with Gasteiger partial charge in [-0.3, -0.25) is 14.3 Å². The first-order chi connectivity index (χ1) is 10.5. The average molecular weight is 299 g/mol. The molecule has 5 heteroatoms. The van der Waals surface area contributed by atoms with Gasteiger partial charge in [0.25, 0.3) is 5.56 Å². The van der Waals surface area contributed by atoms with Crippen molar-refractivity contribution in [1.82, 2.24) is 9.55 Å². The maximum absolute atomic E-state index is 12.2. The highest BCUT2D eigenvalue weighted by Gasteiger charge is 2.25. The van der Waals surface area contributed by atoms with E-state index in [2.05, 4.69) is 28.9 Å². The molecule has 0 aliphatic carbocycles. The number of aromatic nitrogens is 2. The van der Waals surface area contributed by atoms with Crippen molar-refractivity contribution in [2.24, 2.45) is 0 Å². The summed E-state index contributed by atoms with van der Waals surface area (Å²) in [6.07, 6.45) is 0.913. The number of rotatable bonds is 2. The van der Waals surface area contributed by atoms with Crippen LogP contribution in [0.5, 0.6) is 0 Å². The number of fused-ring (bicyclic) bond motifs is 1. The largest absolute Gasteiger partial charge is 0.351 e. The summed E-state index contributed by atoms with van der Waals surface area (Å²) in [5.41, 5.74) is 2.00. The first-order valence-electron chi connectivity index (χ1n) is 7.69. The lowest BCUT2D eigenvalue weighted by Crippen LogP contribution is -2.41. The van der Waals surface area contributed by atoms with Gasteiger partial charge in [-0.1, -0.05) is 24.3 Å². The fraction of sp³-hybridized carbons (Fsp3) is 0.412. The minimum Gasteiger partial charge on any atom is -0.351 e. The van der Waals surface area contributed by atoms with Crippen molar-refractivity contribution in [3.8, 4) is 0 Å². The topological polar surface area (TPSA) is 58.1 Å². The van der Waals surface area contributed by atoms with Gasteiger partial charge in [-0.2, -0.15) is 0 Å². The van der Waals surface area contributed by atoms with Crippen molar-refractivity contribution in [2.75, 3.05) is 11.4 Å². The molecule has 3 rings (SSSR count). The molecule has 0 unspecified atom stereocenters. The highest BCUT2D eigenvalue weighted by molar-refractivity contribution is 5.46. The molecule has 0 radical (unpaired) electrons. The van der Waals surface area contributed by atoms with E-state index in [4.69, 9.17) is 0 Å². The van der Waals surface area contributed by atoms with Gasteiger partial charge >= 0.3 is 5.69 Å². The lowest BCUT2D eigenvalue weighted by atomic mass is 9.94. The zero-order chi connectivity index (χ0) is 15.9. The van der Waals surface area contributed by atoms with Crippen LogP contribution in [0, 0.1) is 0 Å². The maximum atomic E-state index is 12.2. The van der Waals surface area contributed by atoms with Crippen molar-refractivity contribution >= 4 is 5.82 Å². The summed E-state index contributed by atoms with van der Waals surface area (Å²) < 4.78 is 1.24. The standard InChI is InChI=1S/C17H21N3O2/c1-11(2)20-16(21)10-15(18-17(20)22)19-9-8-13-6-4-5-7-14(13)12(19)3/h4-7,10-12H,8-9H2,1-3H3,(H,18,22)/t12-/m0/s1. The Balaban J connectivity index is 2.03. The summed E-state index contributed by atoms with van der Waals surface area (Å²) in [6, 6.07) is 9.85. The molecule has 1 aliphatic rings. The van der Waals surface area contributed by atoms with Crippen LogP contribution in [0.2, 0.25) is 0 Å². The van der Waals surface area contributed by atoms with E-state index in [1.54, 1.807) is 0 Å². The average Bonchev–Trinajstić information content (AvgIpc) is 2.46. The molecule has 0 saturated carbocycles. The van der Waals surface area contributed by atoms with E-state index < -0.39 is 0 Å². The molecular weight excluding hydrogens is 278 g/mol. The molecule has 0 bridgehead atoms. The lowest BCUT2D eigenvalue weighted by molar-refractivity contribution is 0.539. The number of aromatic amines is 1. The van der Waals surface area contributed by atoms with E-state index in [-0.39, 0.29) is 23.3 Å². The van der Waals surface area contributed by atoms with Crippen LogP contribution in [0.25, 0.3) is 0 Å². The molecule has 0 saturated heterocycles. The van der Waals surface area contributed by atoms with Crippen molar-refractivity contribution < 1.29 is 0 Å². The van der Waals surface area contributed by atoms with E-state index in [0.29, 0.717) is 5.82 Å². The molecule has 5 nitrogen and oxygen atoms in total. The smallest absolute Gasteiger partial charge is 0.330 e. The Hall–Kier alpha value is -2.30. The molecular formula is C17H21N3O2. The van der Waals surface area contributed by atoms with Crippen LogP contribution in [0.15, 0.2) is 39.9 Å². The molecule has 0 amide bonds. The van der Waals surface area contributed by atoms with Gasteiger partial charge in [0.15, 0.2) is 0 Å². The number of nitrogens with one attached hydrogen (secondary N) is 1. The summed E-state index contributed by atoms with van der Waals surface area (Å²) in [6.45, 7) is 6.55. The van der Waals surface area contributed by atoms with Gasteiger partial charge < -0.3 is 4.90 Å². The molecule has 1 aromatic carbocycles. The first kappa shape index (κ1) is 14.6. The Bertz CT molecular complexity index is 773. The van der Waals surface area contributed by atoms with Crippen LogP contribution in [-0.4, -0.2) is 16.1 Å². The molecule has 1 aliphatic heterocycles. The summed E-state index contributed by atoms with van der Waals surface area (Å²) in [7, 11) is 0. The van der Waals surface area contributed by atoms with Crippen molar-refractivity contribution in [3.63, 3.8) is 0 Å². The number of H-pyrrole nitrogens is 1. The van der Waals surface area contributed by atoms with Gasteiger partial charge in [0.05, 0.1) is 6.04 Å². The number of hydrogen-bond acceptors (Lipinski definition) is 3. The molecule has 1 N–H and O–H groups in total. The zero-order valence-electron chi connectivity index (χ0n) is 13.2. The Labute approximate surface area is 129 Å². The lowest BCUT2D eigenvalue weighted by Gasteiger charge is -2.36. The highest BCUT2D eigenvalue weighted by atomic mass is 16.2. The van der Waals surface area contributed by atoms with Crippen LogP contribution >= 0.6 is 0 Å². The molecule has 2 heterocycles. The zero-order valence-corrected chi connectivity index (χ0v) is 13.2. The van der Waals surface area contributed by atoms with Crippen molar-refractivity contribution in [2.45, 2.75) is 39.3 Å². The fourth-order valence-corrected chi connectivity index (χ4v) is 3.24. The van der Waals surface area contributed by atoms with Gasteiger partial charge in [-0.25, -0.2) is 4.79 Å². The third-order valence-electron chi connectivity index (χ3n) is 4.37. The maximum Gasteiger partial charge on any atom is 0.330 e. The Morgan fingerprint density at radius 2 is 1.95 bits per heavy atom. The van der Waals surface area contributed by atoms with Crippen LogP contribution in [-0.2, 0) is 6.42 Å².